The average molecular weight is 351 g/mol. The minimum absolute atomic E-state index is 0.0871. The maximum absolute atomic E-state index is 12.7. The molecule has 0 amide bonds. The van der Waals surface area contributed by atoms with Crippen molar-refractivity contribution in [1.29, 1.82) is 0 Å². The van der Waals surface area contributed by atoms with Crippen molar-refractivity contribution in [3.63, 3.8) is 0 Å². The number of epoxide rings is 1. The van der Waals surface area contributed by atoms with E-state index >= 15 is 0 Å². The van der Waals surface area contributed by atoms with Crippen LogP contribution in [-0.4, -0.2) is 36.0 Å². The van der Waals surface area contributed by atoms with Gasteiger partial charge in [-0.1, -0.05) is 60.7 Å². The van der Waals surface area contributed by atoms with Gasteiger partial charge in [-0.05, 0) is 20.8 Å². The second kappa shape index (κ2) is 7.83. The van der Waals surface area contributed by atoms with E-state index in [1.54, 1.807) is 0 Å². The number of esters is 1. The molecular weight excluding hydrogens is 326 g/mol. The van der Waals surface area contributed by atoms with Gasteiger partial charge in [-0.3, -0.25) is 4.99 Å². The van der Waals surface area contributed by atoms with Gasteiger partial charge in [0.1, 0.15) is 5.60 Å². The van der Waals surface area contributed by atoms with Gasteiger partial charge in [-0.15, -0.1) is 0 Å². The summed E-state index contributed by atoms with van der Waals surface area (Å²) in [6.45, 7) is 6.29. The molecule has 1 unspecified atom stereocenters. The quantitative estimate of drug-likeness (QED) is 0.449. The molecule has 1 fully saturated rings. The van der Waals surface area contributed by atoms with Crippen LogP contribution < -0.4 is 0 Å². The number of hydrogen-bond acceptors (Lipinski definition) is 4. The molecule has 0 N–H and O–H groups in total. The van der Waals surface area contributed by atoms with Crippen molar-refractivity contribution in [2.24, 2.45) is 4.99 Å². The summed E-state index contributed by atoms with van der Waals surface area (Å²) in [6.07, 6.45) is 0.627. The molecule has 2 atom stereocenters. The Labute approximate surface area is 154 Å². The van der Waals surface area contributed by atoms with Crippen LogP contribution >= 0.6 is 0 Å². The molecule has 4 nitrogen and oxygen atoms in total. The van der Waals surface area contributed by atoms with E-state index in [0.29, 0.717) is 13.0 Å². The molecule has 1 heterocycles. The zero-order valence-electron chi connectivity index (χ0n) is 15.5. The minimum Gasteiger partial charge on any atom is -0.458 e. The zero-order valence-corrected chi connectivity index (χ0v) is 15.5. The van der Waals surface area contributed by atoms with E-state index in [1.807, 2.05) is 81.4 Å². The van der Waals surface area contributed by atoms with Crippen molar-refractivity contribution in [2.75, 3.05) is 6.61 Å². The van der Waals surface area contributed by atoms with Crippen molar-refractivity contribution in [3.8, 4) is 0 Å². The van der Waals surface area contributed by atoms with E-state index < -0.39 is 11.6 Å². The third-order valence-corrected chi connectivity index (χ3v) is 3.95. The first-order chi connectivity index (χ1) is 12.4. The molecule has 26 heavy (non-hydrogen) atoms. The third kappa shape index (κ3) is 5.27. The fourth-order valence-electron chi connectivity index (χ4n) is 2.69. The Balaban J connectivity index is 1.98. The van der Waals surface area contributed by atoms with Crippen molar-refractivity contribution in [3.05, 3.63) is 71.8 Å². The Kier molecular flexibility index (Phi) is 5.52. The first kappa shape index (κ1) is 18.3. The number of benzene rings is 2. The van der Waals surface area contributed by atoms with E-state index in [9.17, 15) is 4.79 Å². The molecule has 1 saturated heterocycles. The molecule has 0 saturated carbocycles. The second-order valence-electron chi connectivity index (χ2n) is 7.45. The van der Waals surface area contributed by atoms with Gasteiger partial charge in [-0.2, -0.15) is 0 Å². The van der Waals surface area contributed by atoms with Gasteiger partial charge in [-0.25, -0.2) is 4.79 Å². The van der Waals surface area contributed by atoms with Gasteiger partial charge in [0.25, 0.3) is 0 Å². The summed E-state index contributed by atoms with van der Waals surface area (Å²) in [6, 6.07) is 19.3. The Hall–Kier alpha value is -2.46. The van der Waals surface area contributed by atoms with Crippen LogP contribution in [0.25, 0.3) is 0 Å². The van der Waals surface area contributed by atoms with Gasteiger partial charge in [0.05, 0.1) is 18.4 Å². The monoisotopic (exact) mass is 351 g/mol. The van der Waals surface area contributed by atoms with Crippen molar-refractivity contribution >= 4 is 11.7 Å². The minimum atomic E-state index is -0.586. The number of hydrogen-bond donors (Lipinski definition) is 0. The summed E-state index contributed by atoms with van der Waals surface area (Å²) in [4.78, 5) is 17.6. The fraction of sp³-hybridized carbons (Fsp3) is 0.364. The van der Waals surface area contributed by atoms with Crippen LogP contribution in [0.3, 0.4) is 0 Å². The summed E-state index contributed by atoms with van der Waals surface area (Å²) < 4.78 is 10.9. The maximum Gasteiger partial charge on any atom is 0.331 e. The molecule has 4 heteroatoms. The Morgan fingerprint density at radius 3 is 2.00 bits per heavy atom. The lowest BCUT2D eigenvalue weighted by Crippen LogP contribution is -2.32. The highest BCUT2D eigenvalue weighted by atomic mass is 16.6. The highest BCUT2D eigenvalue weighted by Crippen LogP contribution is 2.22. The maximum atomic E-state index is 12.7. The van der Waals surface area contributed by atoms with Crippen LogP contribution in [0.15, 0.2) is 65.7 Å². The third-order valence-electron chi connectivity index (χ3n) is 3.95. The number of ether oxygens (including phenoxy) is 2. The first-order valence-corrected chi connectivity index (χ1v) is 8.95. The molecule has 0 radical (unpaired) electrons. The predicted octanol–water partition coefficient (Wildman–Crippen LogP) is 4.02. The highest BCUT2D eigenvalue weighted by molar-refractivity contribution is 6.13. The van der Waals surface area contributed by atoms with E-state index in [4.69, 9.17) is 14.5 Å². The Morgan fingerprint density at radius 2 is 1.58 bits per heavy atom. The summed E-state index contributed by atoms with van der Waals surface area (Å²) in [5.74, 6) is -0.308. The predicted molar refractivity (Wildman–Crippen MR) is 103 cm³/mol. The Morgan fingerprint density at radius 1 is 1.08 bits per heavy atom. The molecule has 1 aliphatic heterocycles. The highest BCUT2D eigenvalue weighted by Gasteiger charge is 2.33. The number of carbonyl (C=O) groups is 1. The van der Waals surface area contributed by atoms with Crippen LogP contribution in [0.5, 0.6) is 0 Å². The van der Waals surface area contributed by atoms with Crippen LogP contribution in [0, 0.1) is 0 Å². The summed E-state index contributed by atoms with van der Waals surface area (Å²) in [5, 5.41) is 0. The van der Waals surface area contributed by atoms with Gasteiger partial charge >= 0.3 is 5.97 Å². The van der Waals surface area contributed by atoms with Gasteiger partial charge < -0.3 is 9.47 Å². The topological polar surface area (TPSA) is 51.2 Å². The smallest absolute Gasteiger partial charge is 0.331 e. The summed E-state index contributed by atoms with van der Waals surface area (Å²) in [5.41, 5.74) is 2.20. The SMILES string of the molecule is CC(C)(C)OC(=O)[C@@H](CC1CO1)N=C(c1ccccc1)c1ccccc1. The van der Waals surface area contributed by atoms with E-state index in [1.165, 1.54) is 0 Å². The fourth-order valence-corrected chi connectivity index (χ4v) is 2.69. The van der Waals surface area contributed by atoms with E-state index in [2.05, 4.69) is 0 Å². The number of rotatable bonds is 6. The van der Waals surface area contributed by atoms with Crippen LogP contribution in [0.2, 0.25) is 0 Å². The van der Waals surface area contributed by atoms with Crippen LogP contribution in [-0.2, 0) is 14.3 Å². The van der Waals surface area contributed by atoms with Gasteiger partial charge in [0, 0.05) is 17.5 Å². The second-order valence-corrected chi connectivity index (χ2v) is 7.45. The molecule has 136 valence electrons. The summed E-state index contributed by atoms with van der Waals surface area (Å²) in [7, 11) is 0. The van der Waals surface area contributed by atoms with Crippen LogP contribution in [0.1, 0.15) is 38.3 Å². The number of nitrogens with zero attached hydrogens (tertiary/aromatic N) is 1. The number of aliphatic imine (C=N–C) groups is 1. The largest absolute Gasteiger partial charge is 0.458 e. The molecule has 0 bridgehead atoms. The van der Waals surface area contributed by atoms with Gasteiger partial charge in [0.2, 0.25) is 0 Å². The standard InChI is InChI=1S/C22H25NO3/c1-22(2,3)26-21(24)19(14-18-15-25-18)23-20(16-10-6-4-7-11-16)17-12-8-5-9-13-17/h4-13,18-19H,14-15H2,1-3H3/t18?,19-/m1/s1. The lowest BCUT2D eigenvalue weighted by molar-refractivity contribution is -0.156. The molecular formula is C22H25NO3. The lowest BCUT2D eigenvalue weighted by atomic mass is 10.0. The lowest BCUT2D eigenvalue weighted by Gasteiger charge is -2.23. The molecule has 0 aliphatic carbocycles. The summed E-state index contributed by atoms with van der Waals surface area (Å²) >= 11 is 0. The van der Waals surface area contributed by atoms with E-state index in [-0.39, 0.29) is 12.1 Å². The number of carbonyl (C=O) groups excluding carboxylic acids is 1. The molecule has 0 aromatic heterocycles. The zero-order chi connectivity index (χ0) is 18.6. The Bertz CT molecular complexity index is 717. The molecule has 3 rings (SSSR count). The molecule has 0 spiro atoms. The van der Waals surface area contributed by atoms with Crippen LogP contribution in [0.4, 0.5) is 0 Å². The molecule has 2 aromatic rings. The van der Waals surface area contributed by atoms with Crippen molar-refractivity contribution in [2.45, 2.75) is 44.9 Å². The van der Waals surface area contributed by atoms with Gasteiger partial charge in [0.15, 0.2) is 6.04 Å². The molecule has 1 aliphatic rings. The van der Waals surface area contributed by atoms with Crippen molar-refractivity contribution < 1.29 is 14.3 Å². The normalized spacial score (nSPS) is 17.3. The van der Waals surface area contributed by atoms with E-state index in [0.717, 1.165) is 16.8 Å². The van der Waals surface area contributed by atoms with Crippen molar-refractivity contribution in [1.82, 2.24) is 0 Å². The molecule has 2 aromatic carbocycles. The first-order valence-electron chi connectivity index (χ1n) is 8.95. The average Bonchev–Trinajstić information content (AvgIpc) is 3.42.